The Labute approximate surface area is 237 Å². The van der Waals surface area contributed by atoms with Crippen LogP contribution in [0.3, 0.4) is 0 Å². The first kappa shape index (κ1) is 29.1. The molecule has 13 heteroatoms. The van der Waals surface area contributed by atoms with E-state index in [-0.39, 0.29) is 18.2 Å². The summed E-state index contributed by atoms with van der Waals surface area (Å²) in [6.07, 6.45) is 6.90. The molecule has 1 saturated heterocycles. The number of alkyl halides is 3. The Kier molecular flexibility index (Phi) is 8.17. The van der Waals surface area contributed by atoms with Crippen LogP contribution in [0.5, 0.6) is 0 Å². The van der Waals surface area contributed by atoms with E-state index < -0.39 is 47.1 Å². The van der Waals surface area contributed by atoms with Crippen LogP contribution >= 0.6 is 0 Å². The van der Waals surface area contributed by atoms with Crippen LogP contribution in [-0.2, 0) is 22.9 Å². The number of carbonyl (C=O) groups is 1. The molecule has 1 unspecified atom stereocenters. The average molecular weight is 585 g/mol. The summed E-state index contributed by atoms with van der Waals surface area (Å²) in [6, 6.07) is 4.18. The number of aliphatic hydroxyl groups is 1. The van der Waals surface area contributed by atoms with Gasteiger partial charge in [-0.2, -0.15) is 8.78 Å². The molecule has 2 aliphatic rings. The summed E-state index contributed by atoms with van der Waals surface area (Å²) in [5, 5.41) is 21.5. The Morgan fingerprint density at radius 1 is 1.14 bits per heavy atom. The number of tetrazole rings is 1. The van der Waals surface area contributed by atoms with Crippen molar-refractivity contribution in [1.29, 1.82) is 0 Å². The molecule has 3 heterocycles. The fourth-order valence-corrected chi connectivity index (χ4v) is 4.88. The molecule has 0 spiro atoms. The third-order valence-corrected chi connectivity index (χ3v) is 7.26. The van der Waals surface area contributed by atoms with Crippen molar-refractivity contribution < 1.29 is 31.9 Å². The predicted molar refractivity (Wildman–Crippen MR) is 139 cm³/mol. The van der Waals surface area contributed by atoms with Crippen LogP contribution in [0.4, 0.5) is 22.0 Å². The maximum Gasteiger partial charge on any atom is 0.323 e. The van der Waals surface area contributed by atoms with Gasteiger partial charge in [-0.05, 0) is 53.6 Å². The van der Waals surface area contributed by atoms with Crippen LogP contribution in [0.2, 0.25) is 0 Å². The lowest BCUT2D eigenvalue weighted by Gasteiger charge is -2.35. The maximum atomic E-state index is 15.9. The quantitative estimate of drug-likeness (QED) is 0.350. The van der Waals surface area contributed by atoms with Gasteiger partial charge in [-0.3, -0.25) is 9.78 Å². The first-order chi connectivity index (χ1) is 20.1. The van der Waals surface area contributed by atoms with Crippen LogP contribution in [0.15, 0.2) is 66.7 Å². The van der Waals surface area contributed by atoms with Crippen molar-refractivity contribution in [3.8, 4) is 11.8 Å². The Morgan fingerprint density at radius 2 is 1.93 bits per heavy atom. The molecule has 1 aromatic carbocycles. The topological polar surface area (TPSA) is 97.0 Å². The van der Waals surface area contributed by atoms with E-state index in [9.17, 15) is 23.1 Å². The van der Waals surface area contributed by atoms with Crippen molar-refractivity contribution in [1.82, 2.24) is 30.1 Å². The van der Waals surface area contributed by atoms with Gasteiger partial charge in [0.05, 0.1) is 6.54 Å². The summed E-state index contributed by atoms with van der Waals surface area (Å²) in [5.41, 5.74) is -4.15. The highest BCUT2D eigenvalue weighted by atomic mass is 19.3. The van der Waals surface area contributed by atoms with Crippen LogP contribution in [0.25, 0.3) is 0 Å². The van der Waals surface area contributed by atoms with Gasteiger partial charge >= 0.3 is 5.92 Å². The number of hydrogen-bond acceptors (Lipinski definition) is 6. The number of benzene rings is 1. The van der Waals surface area contributed by atoms with Crippen LogP contribution < -0.4 is 0 Å². The molecule has 1 N–H and O–H groups in total. The van der Waals surface area contributed by atoms with Gasteiger partial charge in [0.15, 0.2) is 5.60 Å². The first-order valence-corrected chi connectivity index (χ1v) is 13.1. The minimum absolute atomic E-state index is 0.0379. The largest absolute Gasteiger partial charge is 0.377 e. The minimum atomic E-state index is -4.17. The second-order valence-corrected chi connectivity index (χ2v) is 10.1. The number of allylic oxidation sites excluding steroid dienone is 2. The van der Waals surface area contributed by atoms with Crippen molar-refractivity contribution in [2.24, 2.45) is 5.92 Å². The molecule has 1 amide bonds. The molecule has 0 radical (unpaired) electrons. The van der Waals surface area contributed by atoms with E-state index in [1.807, 2.05) is 0 Å². The minimum Gasteiger partial charge on any atom is -0.377 e. The lowest BCUT2D eigenvalue weighted by Crippen LogP contribution is -2.48. The second-order valence-electron chi connectivity index (χ2n) is 10.1. The zero-order chi connectivity index (χ0) is 29.9. The summed E-state index contributed by atoms with van der Waals surface area (Å²) in [5.74, 6) is -0.738. The molecule has 2 aromatic heterocycles. The predicted octanol–water partition coefficient (Wildman–Crippen LogP) is 3.84. The van der Waals surface area contributed by atoms with Gasteiger partial charge in [0, 0.05) is 54.4 Å². The number of aromatic nitrogens is 5. The number of carbonyl (C=O) groups excluding carboxylic acids is 1. The van der Waals surface area contributed by atoms with E-state index in [0.717, 1.165) is 35.4 Å². The Morgan fingerprint density at radius 3 is 2.55 bits per heavy atom. The molecule has 2 atom stereocenters. The van der Waals surface area contributed by atoms with E-state index in [1.54, 1.807) is 11.0 Å². The summed E-state index contributed by atoms with van der Waals surface area (Å²) in [4.78, 5) is 18.2. The molecule has 0 bridgehead atoms. The van der Waals surface area contributed by atoms with Gasteiger partial charge in [0.1, 0.15) is 29.8 Å². The number of rotatable bonds is 6. The summed E-state index contributed by atoms with van der Waals surface area (Å²) in [7, 11) is 0. The van der Waals surface area contributed by atoms with Gasteiger partial charge in [-0.1, -0.05) is 24.0 Å². The van der Waals surface area contributed by atoms with Crippen LogP contribution in [0, 0.1) is 29.4 Å². The summed E-state index contributed by atoms with van der Waals surface area (Å²) >= 11 is 0. The highest BCUT2D eigenvalue weighted by Gasteiger charge is 2.58. The number of amides is 1. The lowest BCUT2D eigenvalue weighted by molar-refractivity contribution is -0.207. The fraction of sp³-hybridized carbons (Fsp3) is 0.345. The van der Waals surface area contributed by atoms with E-state index in [0.29, 0.717) is 43.1 Å². The number of piperidine rings is 1. The van der Waals surface area contributed by atoms with Gasteiger partial charge in [0.25, 0.3) is 5.91 Å². The molecule has 218 valence electrons. The van der Waals surface area contributed by atoms with Gasteiger partial charge in [0.2, 0.25) is 0 Å². The first-order valence-electron chi connectivity index (χ1n) is 13.1. The second kappa shape index (κ2) is 11.8. The molecule has 42 heavy (non-hydrogen) atoms. The van der Waals surface area contributed by atoms with E-state index in [1.165, 1.54) is 18.2 Å². The third-order valence-electron chi connectivity index (χ3n) is 7.26. The highest BCUT2D eigenvalue weighted by molar-refractivity contribution is 5.96. The Hall–Kier alpha value is -4.44. The molecule has 0 saturated carbocycles. The molecule has 1 aliphatic heterocycles. The van der Waals surface area contributed by atoms with E-state index in [2.05, 4.69) is 32.4 Å². The van der Waals surface area contributed by atoms with Crippen LogP contribution in [-0.4, -0.2) is 60.4 Å². The number of nitrogens with zero attached hydrogens (tertiary/aromatic N) is 6. The highest BCUT2D eigenvalue weighted by Crippen LogP contribution is 2.46. The molecule has 1 aliphatic carbocycles. The van der Waals surface area contributed by atoms with Gasteiger partial charge in [-0.25, -0.2) is 17.9 Å². The van der Waals surface area contributed by atoms with Gasteiger partial charge < -0.3 is 10.0 Å². The number of hydrogen-bond donors (Lipinski definition) is 1. The van der Waals surface area contributed by atoms with Crippen molar-refractivity contribution >= 4 is 5.91 Å². The summed E-state index contributed by atoms with van der Waals surface area (Å²) in [6.45, 7) is 0.00121. The smallest absolute Gasteiger partial charge is 0.323 e. The normalized spacial score (nSPS) is 19.0. The third kappa shape index (κ3) is 5.94. The van der Waals surface area contributed by atoms with Crippen LogP contribution in [0.1, 0.15) is 36.1 Å². The summed E-state index contributed by atoms with van der Waals surface area (Å²) < 4.78 is 74.0. The Balaban J connectivity index is 1.29. The van der Waals surface area contributed by atoms with Gasteiger partial charge in [-0.15, -0.1) is 5.10 Å². The van der Waals surface area contributed by atoms with Crippen molar-refractivity contribution in [3.05, 3.63) is 95.1 Å². The number of likely N-dealkylation sites (tertiary alicyclic amines) is 1. The lowest BCUT2D eigenvalue weighted by atomic mass is 9.84. The van der Waals surface area contributed by atoms with E-state index in [4.69, 9.17) is 0 Å². The van der Waals surface area contributed by atoms with Crippen molar-refractivity contribution in [3.63, 3.8) is 0 Å². The zero-order valence-electron chi connectivity index (χ0n) is 22.1. The molecule has 8 nitrogen and oxygen atoms in total. The SMILES string of the molecule is O=C(C1=CC[C@H](F)C=C1)N1CCC(C#Cc2ccc(C(F)(F)C(O)(Cn3cnnn3)c3ccc(F)cc3F)nc2)CC1. The zero-order valence-corrected chi connectivity index (χ0v) is 22.1. The number of halogens is 5. The van der Waals surface area contributed by atoms with Crippen molar-refractivity contribution in [2.75, 3.05) is 13.1 Å². The average Bonchev–Trinajstić information content (AvgIpc) is 3.49. The van der Waals surface area contributed by atoms with E-state index >= 15 is 8.78 Å². The molecule has 3 aromatic rings. The standard InChI is InChI=1S/C29H25F5N6O2/c30-22-6-4-21(5-7-22)27(41)39-13-11-19(12-14-39)1-2-20-3-10-26(35-16-20)29(33,34)28(42,17-40-18-36-37-38-40)24-9-8-23(31)15-25(24)32/h3-6,8-10,15-16,18-19,22,42H,7,11-14,17H2/t22-,28?/m1/s1. The van der Waals surface area contributed by atoms with Crippen molar-refractivity contribution in [2.45, 2.75) is 43.5 Å². The maximum absolute atomic E-state index is 15.9. The molecular formula is C29H25F5N6O2. The molecular weight excluding hydrogens is 559 g/mol. The molecule has 1 fully saturated rings. The monoisotopic (exact) mass is 584 g/mol. The fourth-order valence-electron chi connectivity index (χ4n) is 4.88. The molecule has 5 rings (SSSR count). The number of pyridine rings is 1. The Bertz CT molecular complexity index is 1560.